The Hall–Kier alpha value is -2.28. The van der Waals surface area contributed by atoms with E-state index in [-0.39, 0.29) is 30.1 Å². The van der Waals surface area contributed by atoms with Crippen molar-refractivity contribution >= 4 is 35.0 Å². The lowest BCUT2D eigenvalue weighted by atomic mass is 10.1. The number of benzene rings is 1. The van der Waals surface area contributed by atoms with Crippen LogP contribution in [0.4, 0.5) is 4.79 Å². The summed E-state index contributed by atoms with van der Waals surface area (Å²) >= 11 is 0.812. The molecule has 0 saturated carbocycles. The molecule has 1 heterocycles. The SMILES string of the molecule is CC[C@@H](C)Oc1ccccc1/C=C1/SC(=O)N(CC(=O)OCC(C)C)C1=O. The van der Waals surface area contributed by atoms with Crippen LogP contribution < -0.4 is 4.74 Å². The highest BCUT2D eigenvalue weighted by Gasteiger charge is 2.36. The molecule has 1 aromatic carbocycles. The summed E-state index contributed by atoms with van der Waals surface area (Å²) in [5.41, 5.74) is 0.714. The molecular weight excluding hydrogens is 366 g/mol. The molecule has 0 unspecified atom stereocenters. The maximum Gasteiger partial charge on any atom is 0.326 e. The second-order valence-electron chi connectivity index (χ2n) is 6.72. The van der Waals surface area contributed by atoms with Crippen LogP contribution in [0.25, 0.3) is 6.08 Å². The number of hydrogen-bond acceptors (Lipinski definition) is 6. The van der Waals surface area contributed by atoms with E-state index in [2.05, 4.69) is 0 Å². The van der Waals surface area contributed by atoms with Gasteiger partial charge in [-0.25, -0.2) is 0 Å². The molecule has 1 fully saturated rings. The highest BCUT2D eigenvalue weighted by Crippen LogP contribution is 2.34. The minimum Gasteiger partial charge on any atom is -0.490 e. The Morgan fingerprint density at radius 1 is 1.22 bits per heavy atom. The molecular formula is C20H25NO5S. The van der Waals surface area contributed by atoms with Gasteiger partial charge < -0.3 is 9.47 Å². The Kier molecular flexibility index (Phi) is 7.47. The fourth-order valence-electron chi connectivity index (χ4n) is 2.22. The van der Waals surface area contributed by atoms with Crippen LogP contribution in [0.15, 0.2) is 29.2 Å². The van der Waals surface area contributed by atoms with Crippen molar-refractivity contribution in [3.05, 3.63) is 34.7 Å². The van der Waals surface area contributed by atoms with Crippen LogP contribution in [-0.2, 0) is 14.3 Å². The number of rotatable bonds is 8. The Balaban J connectivity index is 2.13. The van der Waals surface area contributed by atoms with E-state index in [1.54, 1.807) is 6.08 Å². The molecule has 1 aromatic rings. The Bertz CT molecular complexity index is 744. The lowest BCUT2D eigenvalue weighted by Gasteiger charge is -2.15. The number of para-hydroxylation sites is 1. The van der Waals surface area contributed by atoms with E-state index in [0.717, 1.165) is 23.1 Å². The van der Waals surface area contributed by atoms with Crippen LogP contribution in [0.1, 0.15) is 39.7 Å². The first kappa shape index (κ1) is 21.0. The van der Waals surface area contributed by atoms with E-state index < -0.39 is 17.1 Å². The molecule has 0 spiro atoms. The van der Waals surface area contributed by atoms with Crippen molar-refractivity contribution in [2.75, 3.05) is 13.2 Å². The summed E-state index contributed by atoms with van der Waals surface area (Å²) in [4.78, 5) is 37.7. The summed E-state index contributed by atoms with van der Waals surface area (Å²) in [5.74, 6) is -0.252. The standard InChI is InChI=1S/C20H25NO5S/c1-5-14(4)26-16-9-7-6-8-15(16)10-17-19(23)21(20(24)27-17)11-18(22)25-12-13(2)3/h6-10,13-14H,5,11-12H2,1-4H3/b17-10+/t14-/m1/s1. The Labute approximate surface area is 163 Å². The number of hydrogen-bond donors (Lipinski definition) is 0. The largest absolute Gasteiger partial charge is 0.490 e. The van der Waals surface area contributed by atoms with Gasteiger partial charge in [0.15, 0.2) is 0 Å². The lowest BCUT2D eigenvalue weighted by Crippen LogP contribution is -2.34. The molecule has 146 valence electrons. The smallest absolute Gasteiger partial charge is 0.326 e. The summed E-state index contributed by atoms with van der Waals surface area (Å²) in [5, 5.41) is -0.479. The van der Waals surface area contributed by atoms with Crippen molar-refractivity contribution in [2.45, 2.75) is 40.2 Å². The maximum atomic E-state index is 12.6. The average molecular weight is 391 g/mol. The molecule has 0 aromatic heterocycles. The number of thioether (sulfide) groups is 1. The summed E-state index contributed by atoms with van der Waals surface area (Å²) < 4.78 is 10.9. The second-order valence-corrected chi connectivity index (χ2v) is 7.71. The van der Waals surface area contributed by atoms with Gasteiger partial charge in [-0.1, -0.05) is 39.0 Å². The molecule has 1 atom stereocenters. The van der Waals surface area contributed by atoms with E-state index >= 15 is 0 Å². The Morgan fingerprint density at radius 3 is 2.59 bits per heavy atom. The van der Waals surface area contributed by atoms with Gasteiger partial charge in [-0.05, 0) is 43.2 Å². The number of ether oxygens (including phenoxy) is 2. The maximum absolute atomic E-state index is 12.6. The Morgan fingerprint density at radius 2 is 1.93 bits per heavy atom. The zero-order valence-electron chi connectivity index (χ0n) is 16.1. The molecule has 0 radical (unpaired) electrons. The van der Waals surface area contributed by atoms with Crippen molar-refractivity contribution in [3.8, 4) is 5.75 Å². The zero-order valence-corrected chi connectivity index (χ0v) is 16.9. The third-order valence-corrected chi connectivity index (χ3v) is 4.75. The summed E-state index contributed by atoms with van der Waals surface area (Å²) in [6.07, 6.45) is 2.51. The van der Waals surface area contributed by atoms with Crippen LogP contribution in [0, 0.1) is 5.92 Å². The molecule has 0 aliphatic carbocycles. The monoisotopic (exact) mass is 391 g/mol. The second kappa shape index (κ2) is 9.60. The van der Waals surface area contributed by atoms with Crippen LogP contribution >= 0.6 is 11.8 Å². The summed E-state index contributed by atoms with van der Waals surface area (Å²) in [6.45, 7) is 7.69. The first-order valence-corrected chi connectivity index (χ1v) is 9.80. The van der Waals surface area contributed by atoms with Crippen molar-refractivity contribution in [3.63, 3.8) is 0 Å². The molecule has 2 rings (SSSR count). The van der Waals surface area contributed by atoms with Gasteiger partial charge in [0.2, 0.25) is 0 Å². The topological polar surface area (TPSA) is 72.9 Å². The normalized spacial score (nSPS) is 16.9. The number of amides is 2. The van der Waals surface area contributed by atoms with Gasteiger partial charge in [0.1, 0.15) is 12.3 Å². The lowest BCUT2D eigenvalue weighted by molar-refractivity contribution is -0.147. The van der Waals surface area contributed by atoms with E-state index in [4.69, 9.17) is 9.47 Å². The molecule has 6 nitrogen and oxygen atoms in total. The predicted octanol–water partition coefficient (Wildman–Crippen LogP) is 4.10. The van der Waals surface area contributed by atoms with Gasteiger partial charge in [-0.2, -0.15) is 0 Å². The van der Waals surface area contributed by atoms with Gasteiger partial charge in [-0.3, -0.25) is 19.3 Å². The first-order chi connectivity index (χ1) is 12.8. The number of carbonyl (C=O) groups excluding carboxylic acids is 3. The van der Waals surface area contributed by atoms with Crippen LogP contribution in [-0.4, -0.2) is 41.3 Å². The molecule has 27 heavy (non-hydrogen) atoms. The van der Waals surface area contributed by atoms with Gasteiger partial charge in [0, 0.05) is 5.56 Å². The fourth-order valence-corrected chi connectivity index (χ4v) is 3.05. The number of imide groups is 1. The minimum atomic E-state index is -0.590. The fraction of sp³-hybridized carbons (Fsp3) is 0.450. The highest BCUT2D eigenvalue weighted by molar-refractivity contribution is 8.18. The highest BCUT2D eigenvalue weighted by atomic mass is 32.2. The van der Waals surface area contributed by atoms with Gasteiger partial charge in [0.05, 0.1) is 17.6 Å². The summed E-state index contributed by atoms with van der Waals surface area (Å²) in [7, 11) is 0. The van der Waals surface area contributed by atoms with Crippen molar-refractivity contribution in [2.24, 2.45) is 5.92 Å². The van der Waals surface area contributed by atoms with E-state index in [9.17, 15) is 14.4 Å². The third-order valence-electron chi connectivity index (χ3n) is 3.85. The molecule has 2 amide bonds. The van der Waals surface area contributed by atoms with Crippen LogP contribution in [0.2, 0.25) is 0 Å². The van der Waals surface area contributed by atoms with Crippen molar-refractivity contribution < 1.29 is 23.9 Å². The van der Waals surface area contributed by atoms with Gasteiger partial charge >= 0.3 is 5.97 Å². The number of esters is 1. The quantitative estimate of drug-likeness (QED) is 0.491. The van der Waals surface area contributed by atoms with E-state index in [1.165, 1.54) is 0 Å². The van der Waals surface area contributed by atoms with Gasteiger partial charge in [-0.15, -0.1) is 0 Å². The van der Waals surface area contributed by atoms with Crippen molar-refractivity contribution in [1.82, 2.24) is 4.90 Å². The first-order valence-electron chi connectivity index (χ1n) is 8.98. The van der Waals surface area contributed by atoms with Gasteiger partial charge in [0.25, 0.3) is 11.1 Å². The third kappa shape index (κ3) is 5.85. The zero-order chi connectivity index (χ0) is 20.0. The number of nitrogens with zero attached hydrogens (tertiary/aromatic N) is 1. The van der Waals surface area contributed by atoms with E-state index in [0.29, 0.717) is 11.3 Å². The molecule has 1 saturated heterocycles. The average Bonchev–Trinajstić information content (AvgIpc) is 2.89. The molecule has 0 N–H and O–H groups in total. The van der Waals surface area contributed by atoms with E-state index in [1.807, 2.05) is 52.0 Å². The predicted molar refractivity (Wildman–Crippen MR) is 105 cm³/mol. The molecule has 1 aliphatic rings. The molecule has 7 heteroatoms. The molecule has 1 aliphatic heterocycles. The van der Waals surface area contributed by atoms with Crippen LogP contribution in [0.5, 0.6) is 5.75 Å². The summed E-state index contributed by atoms with van der Waals surface area (Å²) in [6, 6.07) is 7.34. The van der Waals surface area contributed by atoms with Crippen LogP contribution in [0.3, 0.4) is 0 Å². The molecule has 0 bridgehead atoms. The number of carbonyl (C=O) groups is 3. The van der Waals surface area contributed by atoms with Crippen molar-refractivity contribution in [1.29, 1.82) is 0 Å². The minimum absolute atomic E-state index is 0.0327.